The molecule has 3 aromatic heterocycles. The third-order valence-electron chi connectivity index (χ3n) is 3.67. The first-order valence-corrected chi connectivity index (χ1v) is 8.20. The van der Waals surface area contributed by atoms with E-state index in [0.717, 1.165) is 41.8 Å². The summed E-state index contributed by atoms with van der Waals surface area (Å²) in [6, 6.07) is 10.0. The van der Waals surface area contributed by atoms with Crippen molar-refractivity contribution >= 4 is 11.3 Å². The Kier molecular flexibility index (Phi) is 3.48. The molecule has 0 N–H and O–H groups in total. The van der Waals surface area contributed by atoms with Gasteiger partial charge in [-0.1, -0.05) is 6.07 Å². The van der Waals surface area contributed by atoms with Crippen LogP contribution in [0.3, 0.4) is 0 Å². The van der Waals surface area contributed by atoms with Crippen molar-refractivity contribution < 1.29 is 4.74 Å². The first-order chi connectivity index (χ1) is 10.8. The molecule has 0 radical (unpaired) electrons. The molecule has 0 aromatic carbocycles. The second kappa shape index (κ2) is 5.62. The molecule has 0 spiro atoms. The van der Waals surface area contributed by atoms with E-state index in [1.165, 1.54) is 4.88 Å². The molecule has 0 unspecified atom stereocenters. The SMILES string of the molecule is Cc1nc(-c2ccc([C@H]3CCCO3)s2)n(-c2ccccn2)n1. The Hall–Kier alpha value is -2.05. The van der Waals surface area contributed by atoms with Crippen LogP contribution in [-0.2, 0) is 4.74 Å². The van der Waals surface area contributed by atoms with Crippen molar-refractivity contribution in [2.75, 3.05) is 6.61 Å². The molecule has 1 aliphatic heterocycles. The second-order valence-corrected chi connectivity index (χ2v) is 6.40. The maximum absolute atomic E-state index is 5.76. The van der Waals surface area contributed by atoms with Crippen molar-refractivity contribution in [1.82, 2.24) is 19.7 Å². The predicted molar refractivity (Wildman–Crippen MR) is 85.1 cm³/mol. The lowest BCUT2D eigenvalue weighted by Gasteiger charge is -2.05. The zero-order valence-electron chi connectivity index (χ0n) is 12.3. The Morgan fingerprint density at radius 3 is 3.00 bits per heavy atom. The van der Waals surface area contributed by atoms with Crippen molar-refractivity contribution in [3.05, 3.63) is 47.2 Å². The highest BCUT2D eigenvalue weighted by Gasteiger charge is 2.21. The standard InChI is InChI=1S/C16H16N4OS/c1-11-18-16(20(19-11)15-6-2-3-9-17-15)14-8-7-13(22-14)12-5-4-10-21-12/h2-3,6-9,12H,4-5,10H2,1H3/t12-/m1/s1. The maximum Gasteiger partial charge on any atom is 0.175 e. The maximum atomic E-state index is 5.76. The Labute approximate surface area is 132 Å². The van der Waals surface area contributed by atoms with Gasteiger partial charge >= 0.3 is 0 Å². The van der Waals surface area contributed by atoms with Gasteiger partial charge in [0.2, 0.25) is 0 Å². The van der Waals surface area contributed by atoms with Crippen molar-refractivity contribution in [3.8, 4) is 16.5 Å². The van der Waals surface area contributed by atoms with Crippen LogP contribution in [0.25, 0.3) is 16.5 Å². The number of thiophene rings is 1. The van der Waals surface area contributed by atoms with E-state index in [1.54, 1.807) is 22.2 Å². The number of nitrogens with zero attached hydrogens (tertiary/aromatic N) is 4. The summed E-state index contributed by atoms with van der Waals surface area (Å²) in [5, 5.41) is 4.48. The zero-order chi connectivity index (χ0) is 14.9. The molecule has 6 heteroatoms. The van der Waals surface area contributed by atoms with Crippen LogP contribution in [0.5, 0.6) is 0 Å². The molecule has 0 amide bonds. The number of aryl methyl sites for hydroxylation is 1. The fourth-order valence-corrected chi connectivity index (χ4v) is 3.73. The third-order valence-corrected chi connectivity index (χ3v) is 4.85. The van der Waals surface area contributed by atoms with E-state index in [0.29, 0.717) is 0 Å². The molecular formula is C16H16N4OS. The van der Waals surface area contributed by atoms with Gasteiger partial charge in [0.1, 0.15) is 5.82 Å². The molecular weight excluding hydrogens is 296 g/mol. The van der Waals surface area contributed by atoms with Crippen molar-refractivity contribution in [3.63, 3.8) is 0 Å². The third kappa shape index (κ3) is 2.44. The summed E-state index contributed by atoms with van der Waals surface area (Å²) in [4.78, 5) is 11.3. The van der Waals surface area contributed by atoms with Crippen molar-refractivity contribution in [2.45, 2.75) is 25.9 Å². The zero-order valence-corrected chi connectivity index (χ0v) is 13.1. The van der Waals surface area contributed by atoms with Gasteiger partial charge in [-0.2, -0.15) is 4.68 Å². The summed E-state index contributed by atoms with van der Waals surface area (Å²) in [7, 11) is 0. The molecule has 1 atom stereocenters. The van der Waals surface area contributed by atoms with Crippen molar-refractivity contribution in [1.29, 1.82) is 0 Å². The van der Waals surface area contributed by atoms with Crippen LogP contribution in [0.2, 0.25) is 0 Å². The monoisotopic (exact) mass is 312 g/mol. The average Bonchev–Trinajstić information content (AvgIpc) is 3.27. The van der Waals surface area contributed by atoms with E-state index in [2.05, 4.69) is 27.2 Å². The number of rotatable bonds is 3. The van der Waals surface area contributed by atoms with E-state index < -0.39 is 0 Å². The molecule has 0 saturated carbocycles. The number of hydrogen-bond acceptors (Lipinski definition) is 5. The highest BCUT2D eigenvalue weighted by molar-refractivity contribution is 7.15. The lowest BCUT2D eigenvalue weighted by Crippen LogP contribution is -2.00. The summed E-state index contributed by atoms with van der Waals surface area (Å²) in [6.45, 7) is 2.76. The molecule has 4 rings (SSSR count). The van der Waals surface area contributed by atoms with E-state index in [4.69, 9.17) is 4.74 Å². The summed E-state index contributed by atoms with van der Waals surface area (Å²) in [5.74, 6) is 2.36. The number of hydrogen-bond donors (Lipinski definition) is 0. The van der Waals surface area contributed by atoms with Gasteiger partial charge in [0.25, 0.3) is 0 Å². The molecule has 5 nitrogen and oxygen atoms in total. The Bertz CT molecular complexity index is 775. The minimum atomic E-state index is 0.242. The topological polar surface area (TPSA) is 52.8 Å². The Morgan fingerprint density at radius 1 is 1.27 bits per heavy atom. The summed E-state index contributed by atoms with van der Waals surface area (Å²) >= 11 is 1.73. The summed E-state index contributed by atoms with van der Waals surface area (Å²) in [6.07, 6.45) is 4.25. The fraction of sp³-hybridized carbons (Fsp3) is 0.312. The molecule has 1 saturated heterocycles. The van der Waals surface area contributed by atoms with E-state index in [1.807, 2.05) is 25.1 Å². The normalized spacial score (nSPS) is 18.0. The first kappa shape index (κ1) is 13.6. The quantitative estimate of drug-likeness (QED) is 0.742. The highest BCUT2D eigenvalue weighted by atomic mass is 32.1. The van der Waals surface area contributed by atoms with Crippen LogP contribution in [0, 0.1) is 6.92 Å². The van der Waals surface area contributed by atoms with Crippen LogP contribution < -0.4 is 0 Å². The van der Waals surface area contributed by atoms with Gasteiger partial charge in [-0.05, 0) is 44.0 Å². The van der Waals surface area contributed by atoms with Crippen LogP contribution in [0.4, 0.5) is 0 Å². The minimum Gasteiger partial charge on any atom is -0.373 e. The van der Waals surface area contributed by atoms with Crippen molar-refractivity contribution in [2.24, 2.45) is 0 Å². The second-order valence-electron chi connectivity index (χ2n) is 5.29. The molecule has 1 aliphatic rings. The molecule has 0 bridgehead atoms. The summed E-state index contributed by atoms with van der Waals surface area (Å²) in [5.41, 5.74) is 0. The van der Waals surface area contributed by atoms with E-state index in [-0.39, 0.29) is 6.10 Å². The smallest absolute Gasteiger partial charge is 0.175 e. The van der Waals surface area contributed by atoms with Gasteiger partial charge in [-0.25, -0.2) is 9.97 Å². The molecule has 1 fully saturated rings. The Morgan fingerprint density at radius 2 is 2.23 bits per heavy atom. The molecule has 0 aliphatic carbocycles. The molecule has 4 heterocycles. The van der Waals surface area contributed by atoms with Gasteiger partial charge < -0.3 is 4.74 Å². The lowest BCUT2D eigenvalue weighted by molar-refractivity contribution is 0.114. The van der Waals surface area contributed by atoms with Crippen LogP contribution >= 0.6 is 11.3 Å². The van der Waals surface area contributed by atoms with Gasteiger partial charge in [-0.15, -0.1) is 16.4 Å². The fourth-order valence-electron chi connectivity index (χ4n) is 2.66. The van der Waals surface area contributed by atoms with E-state index in [9.17, 15) is 0 Å². The van der Waals surface area contributed by atoms with Gasteiger partial charge in [0.05, 0.1) is 11.0 Å². The first-order valence-electron chi connectivity index (χ1n) is 7.38. The van der Waals surface area contributed by atoms with Crippen LogP contribution in [0.1, 0.15) is 29.6 Å². The van der Waals surface area contributed by atoms with Crippen LogP contribution in [0.15, 0.2) is 36.5 Å². The van der Waals surface area contributed by atoms with Gasteiger partial charge in [0, 0.05) is 17.7 Å². The van der Waals surface area contributed by atoms with Gasteiger partial charge in [0.15, 0.2) is 11.6 Å². The molecule has 112 valence electrons. The average molecular weight is 312 g/mol. The molecule has 22 heavy (non-hydrogen) atoms. The number of aromatic nitrogens is 4. The largest absolute Gasteiger partial charge is 0.373 e. The van der Waals surface area contributed by atoms with Crippen LogP contribution in [-0.4, -0.2) is 26.4 Å². The van der Waals surface area contributed by atoms with E-state index >= 15 is 0 Å². The predicted octanol–water partition coefficient (Wildman–Crippen LogP) is 3.55. The lowest BCUT2D eigenvalue weighted by atomic mass is 10.2. The number of pyridine rings is 1. The minimum absolute atomic E-state index is 0.242. The van der Waals surface area contributed by atoms with Gasteiger partial charge in [-0.3, -0.25) is 0 Å². The number of ether oxygens (including phenoxy) is 1. The molecule has 3 aromatic rings. The summed E-state index contributed by atoms with van der Waals surface area (Å²) < 4.78 is 7.57. The Balaban J connectivity index is 1.74. The highest BCUT2D eigenvalue weighted by Crippen LogP contribution is 2.36.